The zero-order chi connectivity index (χ0) is 12.1. The van der Waals surface area contributed by atoms with Crippen molar-refractivity contribution >= 4 is 5.84 Å². The number of hydrogen-bond donors (Lipinski definition) is 1. The maximum Gasteiger partial charge on any atom is 0.130 e. The number of aliphatic imine (C=N–C) groups is 1. The van der Waals surface area contributed by atoms with Gasteiger partial charge in [-0.25, -0.2) is 4.99 Å². The number of nitrogens with zero attached hydrogens (tertiary/aromatic N) is 2. The molecule has 0 aromatic carbocycles. The number of amidine groups is 1. The molecule has 1 aliphatic rings. The molecule has 0 amide bonds. The first-order valence-corrected chi connectivity index (χ1v) is 5.08. The van der Waals surface area contributed by atoms with Crippen LogP contribution in [0.1, 0.15) is 6.92 Å². The number of ether oxygens (including phenoxy) is 2. The molecule has 0 fully saturated rings. The van der Waals surface area contributed by atoms with Gasteiger partial charge in [0.15, 0.2) is 0 Å². The van der Waals surface area contributed by atoms with Gasteiger partial charge in [0, 0.05) is 26.0 Å². The summed E-state index contributed by atoms with van der Waals surface area (Å²) < 4.78 is 10.3. The Labute approximate surface area is 96.2 Å². The SMILES string of the molecule is C=C1N=C(N)C(C)=CN1C[C@@H](COC)OC. The minimum Gasteiger partial charge on any atom is -0.383 e. The molecule has 16 heavy (non-hydrogen) atoms. The van der Waals surface area contributed by atoms with E-state index in [9.17, 15) is 0 Å². The van der Waals surface area contributed by atoms with Crippen LogP contribution >= 0.6 is 0 Å². The van der Waals surface area contributed by atoms with Crippen molar-refractivity contribution in [3.63, 3.8) is 0 Å². The Balaban J connectivity index is 2.65. The summed E-state index contributed by atoms with van der Waals surface area (Å²) in [5.74, 6) is 1.14. The van der Waals surface area contributed by atoms with E-state index in [0.717, 1.165) is 5.57 Å². The standard InChI is InChI=1S/C11H19N3O2/c1-8-5-14(9(2)13-11(8)12)6-10(16-4)7-15-3/h5,10H,2,6-7H2,1,3-4H3,(H2,12,13)/t10-/m0/s1. The highest BCUT2D eigenvalue weighted by Gasteiger charge is 2.17. The molecule has 0 saturated carbocycles. The lowest BCUT2D eigenvalue weighted by molar-refractivity contribution is 0.0174. The summed E-state index contributed by atoms with van der Waals surface area (Å²) >= 11 is 0. The quantitative estimate of drug-likeness (QED) is 0.748. The van der Waals surface area contributed by atoms with Crippen LogP contribution in [-0.2, 0) is 9.47 Å². The molecule has 0 aliphatic carbocycles. The monoisotopic (exact) mass is 225 g/mol. The molecule has 1 rings (SSSR count). The average Bonchev–Trinajstić information content (AvgIpc) is 2.25. The molecular formula is C11H19N3O2. The molecule has 2 N–H and O–H groups in total. The Morgan fingerprint density at radius 2 is 2.25 bits per heavy atom. The van der Waals surface area contributed by atoms with Crippen LogP contribution in [0, 0.1) is 0 Å². The molecule has 1 heterocycles. The highest BCUT2D eigenvalue weighted by molar-refractivity contribution is 5.97. The van der Waals surface area contributed by atoms with E-state index in [2.05, 4.69) is 11.6 Å². The van der Waals surface area contributed by atoms with Crippen LogP contribution in [-0.4, -0.2) is 44.2 Å². The van der Waals surface area contributed by atoms with Crippen molar-refractivity contribution in [3.05, 3.63) is 24.2 Å². The smallest absolute Gasteiger partial charge is 0.130 e. The maximum absolute atomic E-state index is 5.69. The number of rotatable bonds is 5. The van der Waals surface area contributed by atoms with Gasteiger partial charge < -0.3 is 20.1 Å². The van der Waals surface area contributed by atoms with E-state index in [1.54, 1.807) is 14.2 Å². The van der Waals surface area contributed by atoms with Crippen LogP contribution in [0.25, 0.3) is 0 Å². The fourth-order valence-electron chi connectivity index (χ4n) is 1.42. The highest BCUT2D eigenvalue weighted by Crippen LogP contribution is 2.15. The van der Waals surface area contributed by atoms with Gasteiger partial charge in [0.1, 0.15) is 11.7 Å². The summed E-state index contributed by atoms with van der Waals surface area (Å²) in [6.07, 6.45) is 1.91. The molecule has 0 aromatic rings. The molecule has 90 valence electrons. The first kappa shape index (κ1) is 12.7. The summed E-state index contributed by atoms with van der Waals surface area (Å²) in [6, 6.07) is 0. The van der Waals surface area contributed by atoms with E-state index < -0.39 is 0 Å². The van der Waals surface area contributed by atoms with E-state index in [1.807, 2.05) is 18.0 Å². The van der Waals surface area contributed by atoms with Crippen molar-refractivity contribution in [2.75, 3.05) is 27.4 Å². The molecule has 5 nitrogen and oxygen atoms in total. The van der Waals surface area contributed by atoms with Crippen molar-refractivity contribution in [1.82, 2.24) is 4.90 Å². The second-order valence-corrected chi connectivity index (χ2v) is 3.69. The zero-order valence-corrected chi connectivity index (χ0v) is 10.1. The van der Waals surface area contributed by atoms with Crippen molar-refractivity contribution < 1.29 is 9.47 Å². The second kappa shape index (κ2) is 5.67. The summed E-state index contributed by atoms with van der Waals surface area (Å²) in [4.78, 5) is 6.07. The van der Waals surface area contributed by atoms with Crippen molar-refractivity contribution in [2.24, 2.45) is 10.7 Å². The largest absolute Gasteiger partial charge is 0.383 e. The Morgan fingerprint density at radius 3 is 2.81 bits per heavy atom. The third-order valence-electron chi connectivity index (χ3n) is 2.42. The minimum absolute atomic E-state index is 0.0136. The number of hydrogen-bond acceptors (Lipinski definition) is 5. The first-order valence-electron chi connectivity index (χ1n) is 5.08. The van der Waals surface area contributed by atoms with E-state index in [0.29, 0.717) is 24.8 Å². The topological polar surface area (TPSA) is 60.1 Å². The normalized spacial score (nSPS) is 18.2. The van der Waals surface area contributed by atoms with E-state index in [1.165, 1.54) is 0 Å². The lowest BCUT2D eigenvalue weighted by Crippen LogP contribution is -2.35. The lowest BCUT2D eigenvalue weighted by Gasteiger charge is -2.28. The Kier molecular flexibility index (Phi) is 4.52. The van der Waals surface area contributed by atoms with E-state index >= 15 is 0 Å². The van der Waals surface area contributed by atoms with Gasteiger partial charge in [-0.2, -0.15) is 0 Å². The second-order valence-electron chi connectivity index (χ2n) is 3.69. The zero-order valence-electron chi connectivity index (χ0n) is 10.1. The van der Waals surface area contributed by atoms with Gasteiger partial charge in [-0.1, -0.05) is 6.58 Å². The molecule has 0 bridgehead atoms. The molecular weight excluding hydrogens is 206 g/mol. The predicted octanol–water partition coefficient (Wildman–Crippen LogP) is 0.696. The average molecular weight is 225 g/mol. The Hall–Kier alpha value is -1.33. The van der Waals surface area contributed by atoms with E-state index in [4.69, 9.17) is 15.2 Å². The van der Waals surface area contributed by atoms with Gasteiger partial charge in [-0.05, 0) is 6.92 Å². The third kappa shape index (κ3) is 3.08. The molecule has 1 aliphatic heterocycles. The van der Waals surface area contributed by atoms with Crippen LogP contribution in [0.3, 0.4) is 0 Å². The molecule has 0 saturated heterocycles. The minimum atomic E-state index is -0.0136. The maximum atomic E-state index is 5.69. The predicted molar refractivity (Wildman–Crippen MR) is 63.9 cm³/mol. The summed E-state index contributed by atoms with van der Waals surface area (Å²) in [7, 11) is 3.30. The van der Waals surface area contributed by atoms with Crippen molar-refractivity contribution in [1.29, 1.82) is 0 Å². The third-order valence-corrected chi connectivity index (χ3v) is 2.42. The first-order chi connectivity index (χ1) is 7.58. The van der Waals surface area contributed by atoms with Gasteiger partial charge in [0.05, 0.1) is 19.3 Å². The Morgan fingerprint density at radius 1 is 1.56 bits per heavy atom. The molecule has 0 unspecified atom stereocenters. The molecule has 5 heteroatoms. The van der Waals surface area contributed by atoms with Crippen LogP contribution in [0.15, 0.2) is 29.2 Å². The molecule has 0 aromatic heterocycles. The molecule has 0 spiro atoms. The van der Waals surface area contributed by atoms with Crippen molar-refractivity contribution in [3.8, 4) is 0 Å². The molecule has 1 atom stereocenters. The summed E-state index contributed by atoms with van der Waals surface area (Å²) in [5.41, 5.74) is 6.62. The number of nitrogens with two attached hydrogens (primary N) is 1. The van der Waals surface area contributed by atoms with Crippen LogP contribution in [0.2, 0.25) is 0 Å². The molecule has 0 radical (unpaired) electrons. The Bertz CT molecular complexity index is 323. The van der Waals surface area contributed by atoms with Gasteiger partial charge in [0.2, 0.25) is 0 Å². The lowest BCUT2D eigenvalue weighted by atomic mass is 10.2. The van der Waals surface area contributed by atoms with Crippen LogP contribution in [0.5, 0.6) is 0 Å². The highest BCUT2D eigenvalue weighted by atomic mass is 16.5. The fourth-order valence-corrected chi connectivity index (χ4v) is 1.42. The van der Waals surface area contributed by atoms with Crippen LogP contribution < -0.4 is 5.73 Å². The van der Waals surface area contributed by atoms with Gasteiger partial charge in [-0.15, -0.1) is 0 Å². The van der Waals surface area contributed by atoms with Gasteiger partial charge >= 0.3 is 0 Å². The number of methoxy groups -OCH3 is 2. The van der Waals surface area contributed by atoms with Crippen LogP contribution in [0.4, 0.5) is 0 Å². The summed E-state index contributed by atoms with van der Waals surface area (Å²) in [5, 5.41) is 0. The fraction of sp³-hybridized carbons (Fsp3) is 0.545. The van der Waals surface area contributed by atoms with Crippen molar-refractivity contribution in [2.45, 2.75) is 13.0 Å². The summed E-state index contributed by atoms with van der Waals surface area (Å²) in [6.45, 7) is 6.94. The van der Waals surface area contributed by atoms with Gasteiger partial charge in [0.25, 0.3) is 0 Å². The van der Waals surface area contributed by atoms with E-state index in [-0.39, 0.29) is 6.10 Å². The van der Waals surface area contributed by atoms with Gasteiger partial charge in [-0.3, -0.25) is 0 Å².